The Kier molecular flexibility index (Phi) is 5.17. The minimum atomic E-state index is -1.33. The molecule has 11 nitrogen and oxygen atoms in total. The first kappa shape index (κ1) is 19.3. The summed E-state index contributed by atoms with van der Waals surface area (Å²) in [5.74, 6) is -2.59. The number of nitrogens with zero attached hydrogens (tertiary/aromatic N) is 3. The lowest BCUT2D eigenvalue weighted by atomic mass is 10.0. The summed E-state index contributed by atoms with van der Waals surface area (Å²) in [6, 6.07) is -0.995. The molecule has 1 fully saturated rings. The fourth-order valence-corrected chi connectivity index (χ4v) is 4.75. The number of carbonyl (C=O) groups excluding carboxylic acids is 2. The molecule has 4 N–H and O–H groups in total. The van der Waals surface area contributed by atoms with Crippen molar-refractivity contribution in [2.75, 3.05) is 12.9 Å². The Hall–Kier alpha value is -2.51. The van der Waals surface area contributed by atoms with Gasteiger partial charge in [-0.3, -0.25) is 19.9 Å². The molecule has 0 unspecified atom stereocenters. The van der Waals surface area contributed by atoms with E-state index in [0.717, 1.165) is 16.2 Å². The van der Waals surface area contributed by atoms with Gasteiger partial charge in [0.2, 0.25) is 4.80 Å². The van der Waals surface area contributed by atoms with Crippen LogP contribution in [-0.2, 0) is 19.2 Å². The van der Waals surface area contributed by atoms with Crippen molar-refractivity contribution in [1.29, 1.82) is 5.41 Å². The van der Waals surface area contributed by atoms with Crippen LogP contribution in [0, 0.1) is 5.41 Å². The number of thiazole rings is 1. The predicted octanol–water partition coefficient (Wildman–Crippen LogP) is -0.448. The molecular weight excluding hydrogens is 422 g/mol. The molecule has 2 amide bonds. The maximum atomic E-state index is 12.6. The van der Waals surface area contributed by atoms with Crippen LogP contribution in [0.5, 0.6) is 0 Å². The summed E-state index contributed by atoms with van der Waals surface area (Å²) in [7, 11) is 1.20. The number of fused-ring (bicyclic) bond motifs is 1. The smallest absolute Gasteiger partial charge is 0.353 e. The van der Waals surface area contributed by atoms with Crippen molar-refractivity contribution in [3.8, 4) is 0 Å². The highest BCUT2D eigenvalue weighted by Gasteiger charge is 2.54. The Morgan fingerprint density at radius 2 is 2.22 bits per heavy atom. The predicted molar refractivity (Wildman–Crippen MR) is 94.4 cm³/mol. The number of oxime groups is 1. The summed E-state index contributed by atoms with van der Waals surface area (Å²) < 4.78 is 0.456. The van der Waals surface area contributed by atoms with Gasteiger partial charge in [-0.15, -0.1) is 23.1 Å². The topological polar surface area (TPSA) is 157 Å². The zero-order valence-electron chi connectivity index (χ0n) is 13.5. The van der Waals surface area contributed by atoms with Crippen molar-refractivity contribution in [2.45, 2.75) is 11.4 Å². The van der Waals surface area contributed by atoms with E-state index in [0.29, 0.717) is 4.73 Å². The Labute approximate surface area is 164 Å². The van der Waals surface area contributed by atoms with E-state index >= 15 is 0 Å². The maximum absolute atomic E-state index is 12.6. The van der Waals surface area contributed by atoms with Crippen molar-refractivity contribution >= 4 is 58.2 Å². The summed E-state index contributed by atoms with van der Waals surface area (Å²) in [5, 5.41) is 33.3. The van der Waals surface area contributed by atoms with E-state index in [1.54, 1.807) is 0 Å². The lowest BCUT2D eigenvalue weighted by Crippen LogP contribution is -2.71. The SMILES string of the molecule is CON=C(C(=O)N[C@@H]1C(=O)N2C(C(=O)O)=C(Cl)CS[C@@H]12)c1csc(=N)n1O. The largest absolute Gasteiger partial charge is 0.477 e. The average Bonchev–Trinajstić information content (AvgIpc) is 2.95. The molecule has 3 rings (SSSR count). The number of carboxylic acid groups (broad SMARTS) is 1. The molecule has 144 valence electrons. The number of hydrogen-bond acceptors (Lipinski definition) is 9. The minimum Gasteiger partial charge on any atom is -0.477 e. The first-order chi connectivity index (χ1) is 12.8. The third kappa shape index (κ3) is 3.17. The van der Waals surface area contributed by atoms with E-state index in [1.165, 1.54) is 24.3 Å². The summed E-state index contributed by atoms with van der Waals surface area (Å²) in [4.78, 5) is 41.7. The Morgan fingerprint density at radius 1 is 1.52 bits per heavy atom. The number of β-lactam (4-membered cyclic amide) rings is 1. The van der Waals surface area contributed by atoms with Crippen LogP contribution in [0.1, 0.15) is 5.69 Å². The highest BCUT2D eigenvalue weighted by molar-refractivity contribution is 8.00. The molecule has 0 aliphatic carbocycles. The maximum Gasteiger partial charge on any atom is 0.353 e. The molecule has 1 aromatic rings. The molecule has 27 heavy (non-hydrogen) atoms. The number of nitrogens with one attached hydrogen (secondary N) is 2. The lowest BCUT2D eigenvalue weighted by Gasteiger charge is -2.48. The molecule has 0 aromatic carbocycles. The van der Waals surface area contributed by atoms with Crippen LogP contribution in [0.4, 0.5) is 0 Å². The van der Waals surface area contributed by atoms with Crippen LogP contribution < -0.4 is 10.1 Å². The van der Waals surface area contributed by atoms with Crippen molar-refractivity contribution in [3.63, 3.8) is 0 Å². The number of amides is 2. The van der Waals surface area contributed by atoms with Gasteiger partial charge in [-0.05, 0) is 0 Å². The molecule has 0 bridgehead atoms. The van der Waals surface area contributed by atoms with Crippen LogP contribution >= 0.6 is 34.7 Å². The van der Waals surface area contributed by atoms with Crippen molar-refractivity contribution in [3.05, 3.63) is 26.6 Å². The molecule has 3 heterocycles. The quantitative estimate of drug-likeness (QED) is 0.212. The van der Waals surface area contributed by atoms with Crippen LogP contribution in [-0.4, -0.2) is 67.7 Å². The summed E-state index contributed by atoms with van der Waals surface area (Å²) in [5.41, 5.74) is -0.723. The number of halogens is 1. The highest BCUT2D eigenvalue weighted by Crippen LogP contribution is 2.41. The van der Waals surface area contributed by atoms with Gasteiger partial charge in [0.1, 0.15) is 29.9 Å². The molecular formula is C13H12ClN5O6S2. The zero-order chi connectivity index (χ0) is 19.9. The number of carbonyl (C=O) groups is 3. The fraction of sp³-hybridized carbons (Fsp3) is 0.308. The Morgan fingerprint density at radius 3 is 2.78 bits per heavy atom. The fourth-order valence-electron chi connectivity index (χ4n) is 2.56. The molecule has 2 aliphatic heterocycles. The number of carboxylic acids is 1. The Bertz CT molecular complexity index is 953. The van der Waals surface area contributed by atoms with Crippen molar-refractivity contribution < 1.29 is 29.5 Å². The molecule has 2 atom stereocenters. The third-order valence-electron chi connectivity index (χ3n) is 3.75. The molecule has 0 radical (unpaired) electrons. The van der Waals surface area contributed by atoms with E-state index < -0.39 is 29.2 Å². The van der Waals surface area contributed by atoms with Gasteiger partial charge in [0.25, 0.3) is 11.8 Å². The average molecular weight is 434 g/mol. The van der Waals surface area contributed by atoms with Crippen LogP contribution in [0.25, 0.3) is 0 Å². The molecule has 1 saturated heterocycles. The first-order valence-corrected chi connectivity index (χ1v) is 9.52. The summed E-state index contributed by atoms with van der Waals surface area (Å²) in [6.45, 7) is 0. The molecule has 1 aromatic heterocycles. The number of aromatic nitrogens is 1. The first-order valence-electron chi connectivity index (χ1n) is 7.21. The van der Waals surface area contributed by atoms with Gasteiger partial charge in [0.15, 0.2) is 5.71 Å². The second-order valence-corrected chi connectivity index (χ2v) is 7.70. The van der Waals surface area contributed by atoms with Crippen LogP contribution in [0.2, 0.25) is 0 Å². The number of rotatable bonds is 5. The molecule has 0 spiro atoms. The van der Waals surface area contributed by atoms with Gasteiger partial charge in [0, 0.05) is 11.1 Å². The van der Waals surface area contributed by atoms with Gasteiger partial charge in [-0.25, -0.2) is 4.79 Å². The second kappa shape index (κ2) is 7.25. The molecule has 14 heteroatoms. The monoisotopic (exact) mass is 433 g/mol. The van der Waals surface area contributed by atoms with Gasteiger partial charge in [-0.2, -0.15) is 4.73 Å². The van der Waals surface area contributed by atoms with E-state index in [-0.39, 0.29) is 32.7 Å². The van der Waals surface area contributed by atoms with Crippen LogP contribution in [0.3, 0.4) is 0 Å². The van der Waals surface area contributed by atoms with Crippen molar-refractivity contribution in [2.24, 2.45) is 5.16 Å². The van der Waals surface area contributed by atoms with Gasteiger partial charge in [-0.1, -0.05) is 16.8 Å². The Balaban J connectivity index is 1.82. The van der Waals surface area contributed by atoms with Crippen LogP contribution in [0.15, 0.2) is 21.3 Å². The van der Waals surface area contributed by atoms with E-state index in [9.17, 15) is 24.7 Å². The van der Waals surface area contributed by atoms with E-state index in [1.807, 2.05) is 0 Å². The van der Waals surface area contributed by atoms with Gasteiger partial charge in [0.05, 0.1) is 5.03 Å². The summed E-state index contributed by atoms with van der Waals surface area (Å²) >= 11 is 7.97. The second-order valence-electron chi connectivity index (χ2n) is 5.28. The van der Waals surface area contributed by atoms with E-state index in [4.69, 9.17) is 17.0 Å². The third-order valence-corrected chi connectivity index (χ3v) is 6.24. The van der Waals surface area contributed by atoms with Gasteiger partial charge < -0.3 is 20.5 Å². The normalized spacial score (nSPS) is 22.2. The van der Waals surface area contributed by atoms with Gasteiger partial charge >= 0.3 is 5.97 Å². The van der Waals surface area contributed by atoms with Crippen molar-refractivity contribution in [1.82, 2.24) is 14.9 Å². The highest BCUT2D eigenvalue weighted by atomic mass is 35.5. The zero-order valence-corrected chi connectivity index (χ0v) is 15.9. The van der Waals surface area contributed by atoms with E-state index in [2.05, 4.69) is 15.3 Å². The summed E-state index contributed by atoms with van der Waals surface area (Å²) in [6.07, 6.45) is 0. The minimum absolute atomic E-state index is 0.0473. The molecule has 0 saturated carbocycles. The molecule has 2 aliphatic rings. The number of hydrogen-bond donors (Lipinski definition) is 4. The number of aliphatic carboxylic acids is 1. The standard InChI is InChI=1S/C13H12ClN5O6S2/c1-25-17-6(5-3-27-13(15)19(5)24)9(20)16-7-10(21)18-8(12(22)23)4(14)2-26-11(7)18/h3,7,11,15,24H,2H2,1H3,(H,16,20)(H,22,23)/t7-,11+/m1/s1. The lowest BCUT2D eigenvalue weighted by molar-refractivity contribution is -0.150. The number of thioether (sulfide) groups is 1.